The zero-order valence-corrected chi connectivity index (χ0v) is 14.6. The first-order chi connectivity index (χ1) is 12.1. The summed E-state index contributed by atoms with van der Waals surface area (Å²) in [7, 11) is 0. The molecule has 3 rings (SSSR count). The number of nitriles is 1. The predicted molar refractivity (Wildman–Crippen MR) is 101 cm³/mol. The summed E-state index contributed by atoms with van der Waals surface area (Å²) in [6, 6.07) is 20.0. The van der Waals surface area contributed by atoms with E-state index in [9.17, 15) is 4.79 Å². The molecule has 1 amide bonds. The summed E-state index contributed by atoms with van der Waals surface area (Å²) in [6.07, 6.45) is 1.58. The molecule has 0 spiro atoms. The van der Waals surface area contributed by atoms with Gasteiger partial charge in [0, 0.05) is 15.8 Å². The van der Waals surface area contributed by atoms with E-state index in [4.69, 9.17) is 5.26 Å². The van der Waals surface area contributed by atoms with Crippen LogP contribution in [0.25, 0.3) is 0 Å². The highest BCUT2D eigenvalue weighted by atomic mass is 79.9. The highest BCUT2D eigenvalue weighted by Gasteiger charge is 2.08. The molecule has 25 heavy (non-hydrogen) atoms. The topological polar surface area (TPSA) is 77.8 Å². The molecule has 0 aliphatic heterocycles. The molecule has 122 valence electrons. The van der Waals surface area contributed by atoms with Crippen LogP contribution in [0.2, 0.25) is 0 Å². The van der Waals surface area contributed by atoms with E-state index in [0.29, 0.717) is 16.9 Å². The second kappa shape index (κ2) is 7.60. The molecule has 6 heteroatoms. The Balaban J connectivity index is 1.68. The van der Waals surface area contributed by atoms with Crippen molar-refractivity contribution in [1.29, 1.82) is 5.26 Å². The first kappa shape index (κ1) is 16.7. The van der Waals surface area contributed by atoms with Crippen molar-refractivity contribution >= 4 is 38.9 Å². The van der Waals surface area contributed by atoms with E-state index in [1.54, 1.807) is 48.7 Å². The van der Waals surface area contributed by atoms with Crippen LogP contribution < -0.4 is 10.6 Å². The third-order valence-electron chi connectivity index (χ3n) is 3.38. The molecule has 0 aliphatic carbocycles. The molecule has 0 saturated heterocycles. The molecule has 0 saturated carbocycles. The van der Waals surface area contributed by atoms with Gasteiger partial charge in [-0.05, 0) is 54.6 Å². The largest absolute Gasteiger partial charge is 0.354 e. The Morgan fingerprint density at radius 2 is 1.76 bits per heavy atom. The normalized spacial score (nSPS) is 9.92. The fourth-order valence-electron chi connectivity index (χ4n) is 2.16. The summed E-state index contributed by atoms with van der Waals surface area (Å²) in [4.78, 5) is 16.4. The maximum Gasteiger partial charge on any atom is 0.274 e. The van der Waals surface area contributed by atoms with Crippen LogP contribution in [0.1, 0.15) is 16.1 Å². The standard InChI is InChI=1S/C19H13BrN4O/c20-14-4-6-15(7-5-14)24-19(25)18-9-8-17(12-22-18)23-16-3-1-2-13(10-16)11-21/h1-10,12,23H,(H,24,25). The molecule has 2 N–H and O–H groups in total. The minimum Gasteiger partial charge on any atom is -0.354 e. The molecule has 0 fully saturated rings. The molecule has 1 aromatic heterocycles. The number of anilines is 3. The number of halogens is 1. The minimum atomic E-state index is -0.277. The van der Waals surface area contributed by atoms with Gasteiger partial charge in [-0.15, -0.1) is 0 Å². The van der Waals surface area contributed by atoms with Crippen molar-refractivity contribution in [1.82, 2.24) is 4.98 Å². The average Bonchev–Trinajstić information content (AvgIpc) is 2.64. The molecular weight excluding hydrogens is 380 g/mol. The average molecular weight is 393 g/mol. The maximum atomic E-state index is 12.2. The summed E-state index contributed by atoms with van der Waals surface area (Å²) in [5, 5.41) is 14.9. The molecule has 0 bridgehead atoms. The van der Waals surface area contributed by atoms with Gasteiger partial charge in [0.05, 0.1) is 23.5 Å². The minimum absolute atomic E-state index is 0.277. The Morgan fingerprint density at radius 1 is 1.00 bits per heavy atom. The summed E-state index contributed by atoms with van der Waals surface area (Å²) < 4.78 is 0.944. The maximum absolute atomic E-state index is 12.2. The number of aromatic nitrogens is 1. The summed E-state index contributed by atoms with van der Waals surface area (Å²) >= 11 is 3.35. The number of nitrogens with one attached hydrogen (secondary N) is 2. The Morgan fingerprint density at radius 3 is 2.44 bits per heavy atom. The number of carbonyl (C=O) groups excluding carboxylic acids is 1. The van der Waals surface area contributed by atoms with Gasteiger partial charge in [0.15, 0.2) is 0 Å². The van der Waals surface area contributed by atoms with Crippen LogP contribution in [0, 0.1) is 11.3 Å². The van der Waals surface area contributed by atoms with Gasteiger partial charge in [-0.2, -0.15) is 5.26 Å². The lowest BCUT2D eigenvalue weighted by Gasteiger charge is -2.08. The van der Waals surface area contributed by atoms with Crippen molar-refractivity contribution in [2.24, 2.45) is 0 Å². The second-order valence-corrected chi connectivity index (χ2v) is 6.13. The van der Waals surface area contributed by atoms with E-state index < -0.39 is 0 Å². The highest BCUT2D eigenvalue weighted by Crippen LogP contribution is 2.18. The number of hydrogen-bond donors (Lipinski definition) is 2. The SMILES string of the molecule is N#Cc1cccc(Nc2ccc(C(=O)Nc3ccc(Br)cc3)nc2)c1. The van der Waals surface area contributed by atoms with Crippen molar-refractivity contribution in [2.75, 3.05) is 10.6 Å². The van der Waals surface area contributed by atoms with Gasteiger partial charge in [-0.1, -0.05) is 22.0 Å². The Hall–Kier alpha value is -3.17. The smallest absolute Gasteiger partial charge is 0.274 e. The second-order valence-electron chi connectivity index (χ2n) is 5.21. The van der Waals surface area contributed by atoms with E-state index in [1.807, 2.05) is 18.2 Å². The lowest BCUT2D eigenvalue weighted by Crippen LogP contribution is -2.13. The molecule has 0 radical (unpaired) electrons. The van der Waals surface area contributed by atoms with Crippen molar-refractivity contribution in [3.05, 3.63) is 82.6 Å². The molecule has 5 nitrogen and oxygen atoms in total. The van der Waals surface area contributed by atoms with Crippen molar-refractivity contribution in [2.45, 2.75) is 0 Å². The first-order valence-electron chi connectivity index (χ1n) is 7.44. The lowest BCUT2D eigenvalue weighted by atomic mass is 10.2. The lowest BCUT2D eigenvalue weighted by molar-refractivity contribution is 0.102. The van der Waals surface area contributed by atoms with E-state index in [1.165, 1.54) is 0 Å². The van der Waals surface area contributed by atoms with Gasteiger partial charge in [0.1, 0.15) is 5.69 Å². The van der Waals surface area contributed by atoms with Gasteiger partial charge in [0.2, 0.25) is 0 Å². The highest BCUT2D eigenvalue weighted by molar-refractivity contribution is 9.10. The number of amides is 1. The van der Waals surface area contributed by atoms with Crippen molar-refractivity contribution in [3.8, 4) is 6.07 Å². The first-order valence-corrected chi connectivity index (χ1v) is 8.23. The van der Waals surface area contributed by atoms with Gasteiger partial charge in [0.25, 0.3) is 5.91 Å². The van der Waals surface area contributed by atoms with Crippen LogP contribution >= 0.6 is 15.9 Å². The van der Waals surface area contributed by atoms with Crippen LogP contribution in [-0.2, 0) is 0 Å². The molecule has 3 aromatic rings. The Kier molecular flexibility index (Phi) is 5.07. The molecule has 2 aromatic carbocycles. The quantitative estimate of drug-likeness (QED) is 0.673. The van der Waals surface area contributed by atoms with Gasteiger partial charge in [-0.25, -0.2) is 4.98 Å². The van der Waals surface area contributed by atoms with E-state index >= 15 is 0 Å². The van der Waals surface area contributed by atoms with Crippen LogP contribution in [0.15, 0.2) is 71.3 Å². The third kappa shape index (κ3) is 4.43. The van der Waals surface area contributed by atoms with Crippen LogP contribution in [-0.4, -0.2) is 10.9 Å². The zero-order valence-electron chi connectivity index (χ0n) is 13.0. The Labute approximate surface area is 153 Å². The number of pyridine rings is 1. The monoisotopic (exact) mass is 392 g/mol. The van der Waals surface area contributed by atoms with Crippen LogP contribution in [0.5, 0.6) is 0 Å². The van der Waals surface area contributed by atoms with Crippen LogP contribution in [0.3, 0.4) is 0 Å². The fourth-order valence-corrected chi connectivity index (χ4v) is 2.43. The van der Waals surface area contributed by atoms with E-state index in [2.05, 4.69) is 37.6 Å². The van der Waals surface area contributed by atoms with Gasteiger partial charge < -0.3 is 10.6 Å². The van der Waals surface area contributed by atoms with Crippen molar-refractivity contribution < 1.29 is 4.79 Å². The summed E-state index contributed by atoms with van der Waals surface area (Å²) in [5.74, 6) is -0.277. The number of hydrogen-bond acceptors (Lipinski definition) is 4. The predicted octanol–water partition coefficient (Wildman–Crippen LogP) is 4.71. The number of nitrogens with zero attached hydrogens (tertiary/aromatic N) is 2. The molecule has 0 atom stereocenters. The number of carbonyl (C=O) groups is 1. The van der Waals surface area contributed by atoms with E-state index in [0.717, 1.165) is 15.8 Å². The number of rotatable bonds is 4. The molecular formula is C19H13BrN4O. The molecule has 1 heterocycles. The molecule has 0 unspecified atom stereocenters. The Bertz CT molecular complexity index is 931. The van der Waals surface area contributed by atoms with Crippen molar-refractivity contribution in [3.63, 3.8) is 0 Å². The number of benzene rings is 2. The van der Waals surface area contributed by atoms with Crippen LogP contribution in [0.4, 0.5) is 17.1 Å². The zero-order chi connectivity index (χ0) is 17.6. The summed E-state index contributed by atoms with van der Waals surface area (Å²) in [6.45, 7) is 0. The van der Waals surface area contributed by atoms with Gasteiger partial charge in [-0.3, -0.25) is 4.79 Å². The van der Waals surface area contributed by atoms with Gasteiger partial charge >= 0.3 is 0 Å². The summed E-state index contributed by atoms with van der Waals surface area (Å²) in [5.41, 5.74) is 3.11. The van der Waals surface area contributed by atoms with E-state index in [-0.39, 0.29) is 5.91 Å². The third-order valence-corrected chi connectivity index (χ3v) is 3.91. The molecule has 0 aliphatic rings. The fraction of sp³-hybridized carbons (Fsp3) is 0.